The van der Waals surface area contributed by atoms with Gasteiger partial charge in [-0.25, -0.2) is 8.42 Å². The van der Waals surface area contributed by atoms with Crippen LogP contribution in [0.1, 0.15) is 29.4 Å². The summed E-state index contributed by atoms with van der Waals surface area (Å²) in [6.45, 7) is 3.21. The lowest BCUT2D eigenvalue weighted by molar-refractivity contribution is 0.103. The van der Waals surface area contributed by atoms with E-state index in [1.807, 2.05) is 6.07 Å². The van der Waals surface area contributed by atoms with Crippen molar-refractivity contribution < 1.29 is 13.2 Å². The minimum Gasteiger partial charge on any atom is -0.321 e. The summed E-state index contributed by atoms with van der Waals surface area (Å²) in [4.78, 5) is 12.9. The number of thiophene rings is 1. The highest BCUT2D eigenvalue weighted by atomic mass is 32.2. The number of nitrogens with one attached hydrogen (secondary N) is 2. The fourth-order valence-electron chi connectivity index (χ4n) is 3.14. The Morgan fingerprint density at radius 3 is 2.81 bits per heavy atom. The first-order valence-corrected chi connectivity index (χ1v) is 11.0. The van der Waals surface area contributed by atoms with Crippen LogP contribution in [-0.2, 0) is 10.0 Å². The van der Waals surface area contributed by atoms with Crippen molar-refractivity contribution in [2.75, 3.05) is 18.4 Å². The van der Waals surface area contributed by atoms with Crippen molar-refractivity contribution in [3.63, 3.8) is 0 Å². The first kappa shape index (κ1) is 18.1. The molecule has 1 aliphatic rings. The molecule has 0 spiro atoms. The van der Waals surface area contributed by atoms with Crippen molar-refractivity contribution in [2.24, 2.45) is 5.92 Å². The quantitative estimate of drug-likeness (QED) is 0.697. The Hall–Kier alpha value is -2.23. The summed E-state index contributed by atoms with van der Waals surface area (Å²) in [6.07, 6.45) is 3.45. The van der Waals surface area contributed by atoms with E-state index in [1.54, 1.807) is 24.4 Å². The van der Waals surface area contributed by atoms with Crippen molar-refractivity contribution in [2.45, 2.75) is 24.0 Å². The number of aromatic amines is 1. The van der Waals surface area contributed by atoms with Gasteiger partial charge >= 0.3 is 0 Å². The van der Waals surface area contributed by atoms with E-state index in [9.17, 15) is 13.2 Å². The molecule has 1 fully saturated rings. The van der Waals surface area contributed by atoms with E-state index in [4.69, 9.17) is 0 Å². The summed E-state index contributed by atoms with van der Waals surface area (Å²) >= 11 is 1.01. The summed E-state index contributed by atoms with van der Waals surface area (Å²) in [7, 11) is -3.53. The molecule has 3 aromatic rings. The number of carbonyl (C=O) groups is 1. The van der Waals surface area contributed by atoms with Gasteiger partial charge in [-0.1, -0.05) is 6.92 Å². The molecule has 0 bridgehead atoms. The zero-order chi connectivity index (χ0) is 19.0. The molecule has 4 rings (SSSR count). The van der Waals surface area contributed by atoms with E-state index in [0.717, 1.165) is 35.1 Å². The van der Waals surface area contributed by atoms with Crippen LogP contribution in [0.25, 0.3) is 10.9 Å². The van der Waals surface area contributed by atoms with Crippen LogP contribution in [0.15, 0.2) is 40.7 Å². The van der Waals surface area contributed by atoms with Crippen molar-refractivity contribution >= 4 is 43.9 Å². The molecule has 1 amide bonds. The number of piperidine rings is 1. The molecule has 0 aliphatic carbocycles. The molecule has 2 N–H and O–H groups in total. The first-order valence-electron chi connectivity index (χ1n) is 8.78. The highest BCUT2D eigenvalue weighted by Gasteiger charge is 2.29. The van der Waals surface area contributed by atoms with Crippen molar-refractivity contribution in [3.05, 3.63) is 41.4 Å². The zero-order valence-corrected chi connectivity index (χ0v) is 16.4. The number of carbonyl (C=O) groups excluding carboxylic acids is 1. The largest absolute Gasteiger partial charge is 0.321 e. The maximum atomic E-state index is 12.8. The molecule has 0 atom stereocenters. The third-order valence-corrected chi connectivity index (χ3v) is 8.29. The van der Waals surface area contributed by atoms with Gasteiger partial charge in [-0.2, -0.15) is 9.40 Å². The summed E-state index contributed by atoms with van der Waals surface area (Å²) in [6, 6.07) is 8.52. The summed E-state index contributed by atoms with van der Waals surface area (Å²) in [5.74, 6) is 0.223. The predicted octanol–water partition coefficient (Wildman–Crippen LogP) is 3.30. The standard InChI is InChI=1S/C18H20N4O3S2/c1-12-6-8-22(9-7-12)27(24,25)17-5-4-16(26-17)18(23)20-14-3-2-13-11-19-21-15(13)10-14/h2-5,10-12H,6-9H2,1H3,(H,19,21)(H,20,23). The van der Waals surface area contributed by atoms with Gasteiger partial charge in [0, 0.05) is 24.2 Å². The average Bonchev–Trinajstić information content (AvgIpc) is 3.31. The van der Waals surface area contributed by atoms with E-state index in [1.165, 1.54) is 10.4 Å². The molecule has 0 saturated carbocycles. The Morgan fingerprint density at radius 2 is 2.04 bits per heavy atom. The van der Waals surface area contributed by atoms with Crippen LogP contribution in [0.3, 0.4) is 0 Å². The summed E-state index contributed by atoms with van der Waals surface area (Å²) in [5, 5.41) is 10.6. The van der Waals surface area contributed by atoms with E-state index in [0.29, 0.717) is 29.6 Å². The van der Waals surface area contributed by atoms with Crippen LogP contribution in [0, 0.1) is 5.92 Å². The Balaban J connectivity index is 1.50. The van der Waals surface area contributed by atoms with Gasteiger partial charge in [-0.05, 0) is 49.1 Å². The van der Waals surface area contributed by atoms with E-state index >= 15 is 0 Å². The number of nitrogens with zero attached hydrogens (tertiary/aromatic N) is 2. The zero-order valence-electron chi connectivity index (χ0n) is 14.8. The molecule has 2 aromatic heterocycles. The van der Waals surface area contributed by atoms with Gasteiger partial charge in [0.15, 0.2) is 0 Å². The number of benzene rings is 1. The third kappa shape index (κ3) is 3.62. The molecule has 1 aliphatic heterocycles. The smallest absolute Gasteiger partial charge is 0.265 e. The maximum Gasteiger partial charge on any atom is 0.265 e. The molecule has 0 radical (unpaired) electrons. The molecule has 0 unspecified atom stereocenters. The van der Waals surface area contributed by atoms with E-state index in [2.05, 4.69) is 22.4 Å². The topological polar surface area (TPSA) is 95.2 Å². The predicted molar refractivity (Wildman–Crippen MR) is 106 cm³/mol. The first-order chi connectivity index (χ1) is 12.9. The number of H-pyrrole nitrogens is 1. The van der Waals surface area contributed by atoms with Gasteiger partial charge in [0.1, 0.15) is 4.21 Å². The van der Waals surface area contributed by atoms with Crippen LogP contribution < -0.4 is 5.32 Å². The number of amides is 1. The van der Waals surface area contributed by atoms with Crippen LogP contribution in [0.2, 0.25) is 0 Å². The molecular formula is C18H20N4O3S2. The van der Waals surface area contributed by atoms with Gasteiger partial charge < -0.3 is 5.32 Å². The summed E-state index contributed by atoms with van der Waals surface area (Å²) < 4.78 is 27.3. The van der Waals surface area contributed by atoms with Gasteiger partial charge in [0.2, 0.25) is 0 Å². The molecular weight excluding hydrogens is 384 g/mol. The van der Waals surface area contributed by atoms with Crippen LogP contribution in [0.4, 0.5) is 5.69 Å². The Kier molecular flexibility index (Phi) is 4.75. The molecule has 9 heteroatoms. The Bertz CT molecular complexity index is 1080. The monoisotopic (exact) mass is 404 g/mol. The highest BCUT2D eigenvalue weighted by Crippen LogP contribution is 2.29. The Morgan fingerprint density at radius 1 is 1.26 bits per heavy atom. The summed E-state index contributed by atoms with van der Waals surface area (Å²) in [5.41, 5.74) is 1.45. The van der Waals surface area contributed by atoms with Crippen LogP contribution in [0.5, 0.6) is 0 Å². The van der Waals surface area contributed by atoms with Gasteiger partial charge in [-0.3, -0.25) is 9.89 Å². The average molecular weight is 405 g/mol. The van der Waals surface area contributed by atoms with Gasteiger partial charge in [0.05, 0.1) is 16.6 Å². The van der Waals surface area contributed by atoms with E-state index < -0.39 is 10.0 Å². The number of hydrogen-bond donors (Lipinski definition) is 2. The van der Waals surface area contributed by atoms with Crippen molar-refractivity contribution in [1.29, 1.82) is 0 Å². The molecule has 142 valence electrons. The van der Waals surface area contributed by atoms with Crippen molar-refractivity contribution in [3.8, 4) is 0 Å². The lowest BCUT2D eigenvalue weighted by Gasteiger charge is -2.28. The molecule has 1 aromatic carbocycles. The van der Waals surface area contributed by atoms with E-state index in [-0.39, 0.29) is 10.1 Å². The van der Waals surface area contributed by atoms with Crippen LogP contribution >= 0.6 is 11.3 Å². The fraction of sp³-hybridized carbons (Fsp3) is 0.333. The maximum absolute atomic E-state index is 12.8. The fourth-order valence-corrected chi connectivity index (χ4v) is 5.97. The number of hydrogen-bond acceptors (Lipinski definition) is 5. The second-order valence-electron chi connectivity index (χ2n) is 6.83. The second kappa shape index (κ2) is 7.06. The number of aromatic nitrogens is 2. The Labute approximate surface area is 161 Å². The molecule has 3 heterocycles. The van der Waals surface area contributed by atoms with Crippen LogP contribution in [-0.4, -0.2) is 41.9 Å². The molecule has 7 nitrogen and oxygen atoms in total. The molecule has 27 heavy (non-hydrogen) atoms. The number of anilines is 1. The number of rotatable bonds is 4. The third-order valence-electron chi connectivity index (χ3n) is 4.84. The lowest BCUT2D eigenvalue weighted by atomic mass is 10.0. The number of sulfonamides is 1. The molecule has 1 saturated heterocycles. The SMILES string of the molecule is CC1CCN(S(=O)(=O)c2ccc(C(=O)Nc3ccc4cn[nH]c4c3)s2)CC1. The van der Waals surface area contributed by atoms with Crippen molar-refractivity contribution in [1.82, 2.24) is 14.5 Å². The lowest BCUT2D eigenvalue weighted by Crippen LogP contribution is -2.37. The minimum atomic E-state index is -3.53. The number of fused-ring (bicyclic) bond motifs is 1. The minimum absolute atomic E-state index is 0.214. The second-order valence-corrected chi connectivity index (χ2v) is 10.1. The normalized spacial score (nSPS) is 16.6. The van der Waals surface area contributed by atoms with Gasteiger partial charge in [-0.15, -0.1) is 11.3 Å². The van der Waals surface area contributed by atoms with Gasteiger partial charge in [0.25, 0.3) is 15.9 Å². The highest BCUT2D eigenvalue weighted by molar-refractivity contribution is 7.91.